The second-order valence-corrected chi connectivity index (χ2v) is 8.42. The van der Waals surface area contributed by atoms with Crippen LogP contribution in [-0.2, 0) is 9.59 Å². The van der Waals surface area contributed by atoms with Crippen molar-refractivity contribution in [2.24, 2.45) is 11.0 Å². The highest BCUT2D eigenvalue weighted by Gasteiger charge is 2.30. The van der Waals surface area contributed by atoms with Gasteiger partial charge in [0.25, 0.3) is 5.91 Å². The van der Waals surface area contributed by atoms with E-state index in [0.29, 0.717) is 28.8 Å². The molecule has 4 aromatic rings. The molecule has 3 N–H and O–H groups in total. The minimum absolute atomic E-state index is 0.0105. The van der Waals surface area contributed by atoms with Crippen LogP contribution >= 0.6 is 0 Å². The zero-order chi connectivity index (χ0) is 25.6. The molecule has 2 amide bonds. The van der Waals surface area contributed by atoms with Crippen molar-refractivity contribution in [1.82, 2.24) is 14.6 Å². The fourth-order valence-electron chi connectivity index (χ4n) is 3.43. The molecule has 2 aromatic carbocycles. The second-order valence-electron chi connectivity index (χ2n) is 8.42. The van der Waals surface area contributed by atoms with Crippen LogP contribution in [0.3, 0.4) is 0 Å². The molecular formula is C27H25N7O3. The van der Waals surface area contributed by atoms with Gasteiger partial charge >= 0.3 is 0 Å². The van der Waals surface area contributed by atoms with Crippen LogP contribution in [-0.4, -0.2) is 32.1 Å². The molecule has 2 heterocycles. The third-order valence-corrected chi connectivity index (χ3v) is 5.47. The van der Waals surface area contributed by atoms with Crippen molar-refractivity contribution in [3.63, 3.8) is 0 Å². The number of fused-ring (bicyclic) bond motifs is 1. The molecule has 10 nitrogen and oxygen atoms in total. The first kappa shape index (κ1) is 23.7. The lowest BCUT2D eigenvalue weighted by Crippen LogP contribution is -2.22. The number of carbonyl (C=O) groups excluding carboxylic acids is 2. The van der Waals surface area contributed by atoms with Gasteiger partial charge in [0.2, 0.25) is 11.8 Å². The van der Waals surface area contributed by atoms with Crippen LogP contribution in [0.15, 0.2) is 90.2 Å². The van der Waals surface area contributed by atoms with Crippen LogP contribution in [0.5, 0.6) is 11.6 Å². The molecule has 10 heteroatoms. The number of nitrogens with one attached hydrogen (secondary N) is 3. The predicted octanol–water partition coefficient (Wildman–Crippen LogP) is 4.85. The van der Waals surface area contributed by atoms with E-state index in [4.69, 9.17) is 4.74 Å². The average Bonchev–Trinajstić information content (AvgIpc) is 3.69. The van der Waals surface area contributed by atoms with Gasteiger partial charge in [-0.3, -0.25) is 15.0 Å². The standard InChI is InChI=1S/C27H25N7O3/c1-2-6-22(32-31-20-7-4-3-5-8-20)27(36)28-19-11-13-21(14-12-19)37-25-16-15-24-29-23(17-34(24)33-25)30-26(35)18-9-10-18/h2-8,11-18,31H,9-10H2,1H3,(H,28,36)(H,30,35)/b6-2+,32-22+. The molecule has 1 fully saturated rings. The monoisotopic (exact) mass is 495 g/mol. The maximum atomic E-state index is 12.7. The number of ether oxygens (including phenoxy) is 1. The van der Waals surface area contributed by atoms with Gasteiger partial charge in [0.1, 0.15) is 11.5 Å². The van der Waals surface area contributed by atoms with Crippen molar-refractivity contribution in [3.8, 4) is 11.6 Å². The van der Waals surface area contributed by atoms with E-state index < -0.39 is 0 Å². The first-order chi connectivity index (χ1) is 18.1. The number of nitrogens with zero attached hydrogens (tertiary/aromatic N) is 4. The summed E-state index contributed by atoms with van der Waals surface area (Å²) in [6.07, 6.45) is 6.87. The summed E-state index contributed by atoms with van der Waals surface area (Å²) in [5, 5.41) is 14.3. The number of rotatable bonds is 9. The van der Waals surface area contributed by atoms with Crippen LogP contribution in [0.4, 0.5) is 17.2 Å². The number of hydrogen-bond acceptors (Lipinski definition) is 7. The van der Waals surface area contributed by atoms with Crippen LogP contribution in [0.2, 0.25) is 0 Å². The normalized spacial score (nSPS) is 13.5. The van der Waals surface area contributed by atoms with E-state index in [1.54, 1.807) is 59.3 Å². The Bertz CT molecular complexity index is 1470. The number of carbonyl (C=O) groups is 2. The number of aromatic nitrogens is 3. The van der Waals surface area contributed by atoms with E-state index in [1.165, 1.54) is 0 Å². The lowest BCUT2D eigenvalue weighted by molar-refractivity contribution is -0.117. The summed E-state index contributed by atoms with van der Waals surface area (Å²) in [5.41, 5.74) is 5.08. The van der Waals surface area contributed by atoms with Crippen molar-refractivity contribution >= 4 is 40.4 Å². The Morgan fingerprint density at radius 2 is 1.78 bits per heavy atom. The Hall–Kier alpha value is -4.99. The molecule has 1 aliphatic carbocycles. The van der Waals surface area contributed by atoms with E-state index in [1.807, 2.05) is 37.3 Å². The molecular weight excluding hydrogens is 470 g/mol. The Labute approximate surface area is 213 Å². The van der Waals surface area contributed by atoms with Crippen LogP contribution in [0, 0.1) is 5.92 Å². The highest BCUT2D eigenvalue weighted by atomic mass is 16.5. The van der Waals surface area contributed by atoms with Gasteiger partial charge in [0.05, 0.1) is 11.9 Å². The lowest BCUT2D eigenvalue weighted by Gasteiger charge is -2.08. The number of imidazole rings is 1. The molecule has 0 radical (unpaired) electrons. The minimum Gasteiger partial charge on any atom is -0.438 e. The van der Waals surface area contributed by atoms with Crippen LogP contribution in [0.25, 0.3) is 5.65 Å². The molecule has 37 heavy (non-hydrogen) atoms. The zero-order valence-corrected chi connectivity index (χ0v) is 20.1. The average molecular weight is 496 g/mol. The van der Waals surface area contributed by atoms with Gasteiger partial charge in [-0.25, -0.2) is 9.50 Å². The first-order valence-corrected chi connectivity index (χ1v) is 11.9. The fourth-order valence-corrected chi connectivity index (χ4v) is 3.43. The first-order valence-electron chi connectivity index (χ1n) is 11.9. The Balaban J connectivity index is 1.21. The zero-order valence-electron chi connectivity index (χ0n) is 20.1. The molecule has 0 unspecified atom stereocenters. The predicted molar refractivity (Wildman–Crippen MR) is 142 cm³/mol. The lowest BCUT2D eigenvalue weighted by atomic mass is 10.2. The van der Waals surface area contributed by atoms with Crippen molar-refractivity contribution < 1.29 is 14.3 Å². The number of hydrogen-bond donors (Lipinski definition) is 3. The number of benzene rings is 2. The number of allylic oxidation sites excluding steroid dienone is 1. The molecule has 1 aliphatic rings. The van der Waals surface area contributed by atoms with E-state index in [2.05, 4.69) is 31.2 Å². The second kappa shape index (κ2) is 10.7. The molecule has 1 saturated carbocycles. The molecule has 0 bridgehead atoms. The van der Waals surface area contributed by atoms with Gasteiger partial charge < -0.3 is 15.4 Å². The molecule has 0 atom stereocenters. The van der Waals surface area contributed by atoms with Gasteiger partial charge in [0.15, 0.2) is 11.5 Å². The summed E-state index contributed by atoms with van der Waals surface area (Å²) in [7, 11) is 0. The maximum absolute atomic E-state index is 12.7. The van der Waals surface area contributed by atoms with Gasteiger partial charge in [-0.2, -0.15) is 5.10 Å². The Kier molecular flexibility index (Phi) is 6.89. The van der Waals surface area contributed by atoms with Crippen molar-refractivity contribution in [1.29, 1.82) is 0 Å². The Morgan fingerprint density at radius 3 is 2.51 bits per heavy atom. The Morgan fingerprint density at radius 1 is 1.00 bits per heavy atom. The summed E-state index contributed by atoms with van der Waals surface area (Å²) in [6, 6.07) is 19.8. The van der Waals surface area contributed by atoms with E-state index in [-0.39, 0.29) is 23.4 Å². The topological polar surface area (TPSA) is 122 Å². The fraction of sp³-hybridized carbons (Fsp3) is 0.148. The molecule has 186 valence electrons. The highest BCUT2D eigenvalue weighted by Crippen LogP contribution is 2.30. The smallest absolute Gasteiger partial charge is 0.276 e. The summed E-state index contributed by atoms with van der Waals surface area (Å²) < 4.78 is 7.41. The van der Waals surface area contributed by atoms with E-state index >= 15 is 0 Å². The third-order valence-electron chi connectivity index (χ3n) is 5.47. The molecule has 5 rings (SSSR count). The number of hydrazone groups is 1. The van der Waals surface area contributed by atoms with Crippen molar-refractivity contribution in [2.75, 3.05) is 16.1 Å². The summed E-state index contributed by atoms with van der Waals surface area (Å²) >= 11 is 0. The molecule has 0 spiro atoms. The highest BCUT2D eigenvalue weighted by molar-refractivity contribution is 6.47. The SMILES string of the molecule is C/C=C/C(=N\Nc1ccccc1)C(=O)Nc1ccc(Oc2ccc3nc(NC(=O)C4CC4)cn3n2)cc1. The molecule has 0 saturated heterocycles. The van der Waals surface area contributed by atoms with E-state index in [9.17, 15) is 9.59 Å². The summed E-state index contributed by atoms with van der Waals surface area (Å²) in [6.45, 7) is 1.82. The number of para-hydroxylation sites is 1. The van der Waals surface area contributed by atoms with Gasteiger partial charge in [0, 0.05) is 17.7 Å². The third kappa shape index (κ3) is 6.17. The molecule has 0 aliphatic heterocycles. The van der Waals surface area contributed by atoms with Gasteiger partial charge in [-0.1, -0.05) is 24.3 Å². The van der Waals surface area contributed by atoms with Gasteiger partial charge in [-0.15, -0.1) is 5.10 Å². The maximum Gasteiger partial charge on any atom is 0.276 e. The summed E-state index contributed by atoms with van der Waals surface area (Å²) in [4.78, 5) is 29.1. The summed E-state index contributed by atoms with van der Waals surface area (Å²) in [5.74, 6) is 1.09. The minimum atomic E-state index is -0.355. The largest absolute Gasteiger partial charge is 0.438 e. The molecule has 2 aromatic heterocycles. The quantitative estimate of drug-likeness (QED) is 0.225. The van der Waals surface area contributed by atoms with Crippen molar-refractivity contribution in [2.45, 2.75) is 19.8 Å². The van der Waals surface area contributed by atoms with Crippen LogP contribution < -0.4 is 20.8 Å². The van der Waals surface area contributed by atoms with Crippen LogP contribution in [0.1, 0.15) is 19.8 Å². The number of amides is 2. The number of anilines is 3. The van der Waals surface area contributed by atoms with Gasteiger partial charge in [-0.05, 0) is 68.3 Å². The van der Waals surface area contributed by atoms with E-state index in [0.717, 1.165) is 18.5 Å². The van der Waals surface area contributed by atoms with Crippen molar-refractivity contribution in [3.05, 3.63) is 85.1 Å².